The minimum absolute atomic E-state index is 0.470. The molecule has 0 amide bonds. The van der Waals surface area contributed by atoms with Gasteiger partial charge in [0.2, 0.25) is 11.0 Å². The van der Waals surface area contributed by atoms with Crippen LogP contribution in [-0.4, -0.2) is 13.1 Å². The Balaban J connectivity index is 2.30. The van der Waals surface area contributed by atoms with Crippen LogP contribution < -0.4 is 0 Å². The van der Waals surface area contributed by atoms with E-state index in [0.29, 0.717) is 0 Å². The average molecular weight is 269 g/mol. The number of methoxy groups -OCH3 is 1. The number of rotatable bonds is 4. The van der Waals surface area contributed by atoms with Crippen LogP contribution in [0.3, 0.4) is 0 Å². The maximum absolute atomic E-state index is 11.4. The van der Waals surface area contributed by atoms with Gasteiger partial charge in [-0.25, -0.2) is 4.79 Å². The summed E-state index contributed by atoms with van der Waals surface area (Å²) in [6.45, 7) is 0. The summed E-state index contributed by atoms with van der Waals surface area (Å²) < 4.78 is 4.66. The predicted octanol–water partition coefficient (Wildman–Crippen LogP) is 3.80. The zero-order valence-electron chi connectivity index (χ0n) is 10.5. The summed E-state index contributed by atoms with van der Waals surface area (Å²) in [6, 6.07) is 19.6. The van der Waals surface area contributed by atoms with Gasteiger partial charge in [0.25, 0.3) is 0 Å². The summed E-state index contributed by atoms with van der Waals surface area (Å²) in [5.74, 6) is -0.470. The molecule has 0 unspecified atom stereocenters. The van der Waals surface area contributed by atoms with Gasteiger partial charge in [0.05, 0.1) is 7.11 Å². The zero-order valence-corrected chi connectivity index (χ0v) is 11.3. The van der Waals surface area contributed by atoms with Crippen molar-refractivity contribution in [3.05, 3.63) is 72.3 Å². The largest absolute Gasteiger partial charge is 0.482 e. The molecule has 0 saturated carbocycles. The van der Waals surface area contributed by atoms with Crippen molar-refractivity contribution >= 4 is 22.6 Å². The maximum atomic E-state index is 11.4. The molecule has 2 rings (SSSR count). The molecule has 2 aromatic rings. The topological polar surface area (TPSA) is 26.3 Å². The van der Waals surface area contributed by atoms with Gasteiger partial charge in [-0.2, -0.15) is 0 Å². The zero-order chi connectivity index (χ0) is 13.5. The second-order valence-electron chi connectivity index (χ2n) is 3.73. The first-order valence-corrected chi connectivity index (χ1v) is 6.61. The van der Waals surface area contributed by atoms with Crippen molar-refractivity contribution in [2.45, 2.75) is 4.90 Å². The molecule has 0 atom stereocenters. The average Bonchev–Trinajstić information content (AvgIpc) is 2.48. The number of benzene rings is 2. The lowest BCUT2D eigenvalue weighted by atomic mass is 10.2. The van der Waals surface area contributed by atoms with Crippen molar-refractivity contribution in [3.63, 3.8) is 0 Å². The first kappa shape index (κ1) is 13.3. The molecule has 0 radical (unpaired) electrons. The minimum atomic E-state index is -0.470. The molecule has 2 nitrogen and oxygen atoms in total. The van der Waals surface area contributed by atoms with Gasteiger partial charge in [0.15, 0.2) is 0 Å². The van der Waals surface area contributed by atoms with Crippen molar-refractivity contribution < 1.29 is 9.53 Å². The fourth-order valence-electron chi connectivity index (χ4n) is 1.50. The van der Waals surface area contributed by atoms with Crippen LogP contribution in [0.15, 0.2) is 65.6 Å². The monoisotopic (exact) mass is 269 g/mol. The second kappa shape index (κ2) is 6.74. The fourth-order valence-corrected chi connectivity index (χ4v) is 2.41. The van der Waals surface area contributed by atoms with Gasteiger partial charge in [-0.1, -0.05) is 24.3 Å². The van der Waals surface area contributed by atoms with E-state index < -0.39 is 5.97 Å². The van der Waals surface area contributed by atoms with Crippen LogP contribution in [-0.2, 0) is 9.53 Å². The van der Waals surface area contributed by atoms with Crippen molar-refractivity contribution in [1.29, 1.82) is 0 Å². The second-order valence-corrected chi connectivity index (χ2v) is 4.81. The van der Waals surface area contributed by atoms with E-state index in [1.807, 2.05) is 60.7 Å². The molecule has 0 heterocycles. The summed E-state index contributed by atoms with van der Waals surface area (Å²) in [7, 11) is 1.35. The van der Waals surface area contributed by atoms with E-state index in [1.54, 1.807) is 0 Å². The van der Waals surface area contributed by atoms with Crippen LogP contribution in [0.1, 0.15) is 5.56 Å². The normalized spacial score (nSPS) is 10.7. The number of thioether (sulfide) groups is 1. The summed E-state index contributed by atoms with van der Waals surface area (Å²) in [6.07, 6.45) is 2.75. The van der Waals surface area contributed by atoms with Gasteiger partial charge in [-0.15, -0.1) is 0 Å². The Hall–Kier alpha value is -2.09. The van der Waals surface area contributed by atoms with Gasteiger partial charge in [0, 0.05) is 17.0 Å². The highest BCUT2D eigenvalue weighted by Gasteiger charge is 2.19. The molecule has 0 bridgehead atoms. The van der Waals surface area contributed by atoms with Crippen LogP contribution in [0.2, 0.25) is 0 Å². The molecular weight excluding hydrogens is 256 g/mol. The molecule has 0 fully saturated rings. The lowest BCUT2D eigenvalue weighted by Gasteiger charge is -1.98. The SMILES string of the molecule is COC(=O)[C+]=C(Sc1ccccc1)c1ccccc1. The Kier molecular flexibility index (Phi) is 4.73. The highest BCUT2D eigenvalue weighted by atomic mass is 32.2. The van der Waals surface area contributed by atoms with Gasteiger partial charge < -0.3 is 4.74 Å². The Labute approximate surface area is 117 Å². The summed E-state index contributed by atoms with van der Waals surface area (Å²) in [5, 5.41) is 0. The van der Waals surface area contributed by atoms with Crippen LogP contribution in [0, 0.1) is 6.08 Å². The third-order valence-electron chi connectivity index (χ3n) is 2.40. The Bertz CT molecular complexity index is 562. The van der Waals surface area contributed by atoms with Crippen molar-refractivity contribution in [3.8, 4) is 0 Å². The quantitative estimate of drug-likeness (QED) is 0.365. The first-order valence-electron chi connectivity index (χ1n) is 5.80. The molecule has 0 aliphatic carbocycles. The number of hydrogen-bond acceptors (Lipinski definition) is 3. The van der Waals surface area contributed by atoms with E-state index in [1.165, 1.54) is 18.9 Å². The molecule has 2 aromatic carbocycles. The van der Waals surface area contributed by atoms with Crippen LogP contribution in [0.5, 0.6) is 0 Å². The maximum Gasteiger partial charge on any atom is 0.482 e. The van der Waals surface area contributed by atoms with E-state index >= 15 is 0 Å². The smallest absolute Gasteiger partial charge is 0.443 e. The fraction of sp³-hybridized carbons (Fsp3) is 0.0625. The first-order chi connectivity index (χ1) is 9.29. The standard InChI is InChI=1S/C16H13O2S/c1-18-16(17)12-15(13-8-4-2-5-9-13)19-14-10-6-3-7-11-14/h2-11H,1H3/q+1. The van der Waals surface area contributed by atoms with Crippen molar-refractivity contribution in [1.82, 2.24) is 0 Å². The van der Waals surface area contributed by atoms with Crippen molar-refractivity contribution in [2.24, 2.45) is 0 Å². The van der Waals surface area contributed by atoms with E-state index in [2.05, 4.69) is 10.8 Å². The molecule has 0 N–H and O–H groups in total. The molecule has 3 heteroatoms. The van der Waals surface area contributed by atoms with E-state index in [9.17, 15) is 4.79 Å². The number of esters is 1. The molecule has 0 aliphatic heterocycles. The molecule has 0 saturated heterocycles. The molecule has 0 spiro atoms. The summed E-state index contributed by atoms with van der Waals surface area (Å²) >= 11 is 1.49. The minimum Gasteiger partial charge on any atom is -0.443 e. The van der Waals surface area contributed by atoms with Crippen LogP contribution in [0.4, 0.5) is 0 Å². The number of carbonyl (C=O) groups is 1. The molecule has 19 heavy (non-hydrogen) atoms. The van der Waals surface area contributed by atoms with E-state index in [-0.39, 0.29) is 0 Å². The predicted molar refractivity (Wildman–Crippen MR) is 77.4 cm³/mol. The van der Waals surface area contributed by atoms with Crippen LogP contribution >= 0.6 is 11.8 Å². The highest BCUT2D eigenvalue weighted by molar-refractivity contribution is 8.08. The highest BCUT2D eigenvalue weighted by Crippen LogP contribution is 2.33. The van der Waals surface area contributed by atoms with Gasteiger partial charge in [-0.05, 0) is 36.0 Å². The molecular formula is C16H13O2S+. The molecule has 0 aromatic heterocycles. The number of carbonyl (C=O) groups excluding carboxylic acids is 1. The van der Waals surface area contributed by atoms with Gasteiger partial charge in [-0.3, -0.25) is 0 Å². The van der Waals surface area contributed by atoms with Gasteiger partial charge >= 0.3 is 5.97 Å². The van der Waals surface area contributed by atoms with E-state index in [4.69, 9.17) is 0 Å². The lowest BCUT2D eigenvalue weighted by Crippen LogP contribution is -1.97. The lowest BCUT2D eigenvalue weighted by molar-refractivity contribution is -0.135. The molecule has 94 valence electrons. The van der Waals surface area contributed by atoms with Crippen molar-refractivity contribution in [2.75, 3.05) is 7.11 Å². The van der Waals surface area contributed by atoms with Crippen LogP contribution in [0.25, 0.3) is 4.91 Å². The summed E-state index contributed by atoms with van der Waals surface area (Å²) in [4.78, 5) is 13.2. The molecule has 0 aliphatic rings. The number of hydrogen-bond donors (Lipinski definition) is 0. The third-order valence-corrected chi connectivity index (χ3v) is 3.45. The third kappa shape index (κ3) is 3.95. The summed E-state index contributed by atoms with van der Waals surface area (Å²) in [5.41, 5.74) is 0.946. The number of ether oxygens (including phenoxy) is 1. The Morgan fingerprint density at radius 2 is 1.58 bits per heavy atom. The van der Waals surface area contributed by atoms with Gasteiger partial charge in [0.1, 0.15) is 5.56 Å². The Morgan fingerprint density at radius 1 is 1.00 bits per heavy atom. The Morgan fingerprint density at radius 3 is 2.16 bits per heavy atom. The van der Waals surface area contributed by atoms with E-state index in [0.717, 1.165) is 15.4 Å².